The van der Waals surface area contributed by atoms with Crippen molar-refractivity contribution in [3.63, 3.8) is 0 Å². The van der Waals surface area contributed by atoms with Gasteiger partial charge < -0.3 is 4.42 Å². The monoisotopic (exact) mass is 267 g/mol. The molecule has 18 heavy (non-hydrogen) atoms. The molecule has 0 bridgehead atoms. The van der Waals surface area contributed by atoms with Crippen LogP contribution in [0.4, 0.5) is 5.69 Å². The lowest BCUT2D eigenvalue weighted by atomic mass is 10.2. The second-order valence-electron chi connectivity index (χ2n) is 3.68. The average molecular weight is 267 g/mol. The third-order valence-electron chi connectivity index (χ3n) is 2.33. The molecule has 0 aliphatic rings. The van der Waals surface area contributed by atoms with Crippen LogP contribution in [-0.4, -0.2) is 24.4 Å². The van der Waals surface area contributed by atoms with Crippen molar-refractivity contribution in [2.45, 2.75) is 13.8 Å². The average Bonchev–Trinajstić information content (AvgIpc) is 2.76. The van der Waals surface area contributed by atoms with Crippen molar-refractivity contribution < 1.29 is 12.8 Å². The molecule has 0 radical (unpaired) electrons. The summed E-state index contributed by atoms with van der Waals surface area (Å²) in [5.41, 5.74) is 0.998. The number of aryl methyl sites for hydroxylation is 1. The van der Waals surface area contributed by atoms with Crippen LogP contribution in [0.5, 0.6) is 0 Å². The molecule has 0 aliphatic heterocycles. The third kappa shape index (κ3) is 2.67. The highest BCUT2D eigenvalue weighted by Gasteiger charge is 2.14. The normalized spacial score (nSPS) is 11.4. The van der Waals surface area contributed by atoms with Crippen LogP contribution >= 0.6 is 0 Å². The van der Waals surface area contributed by atoms with Crippen molar-refractivity contribution in [3.05, 3.63) is 30.2 Å². The zero-order chi connectivity index (χ0) is 13.2. The highest BCUT2D eigenvalue weighted by molar-refractivity contribution is 7.92. The van der Waals surface area contributed by atoms with Crippen LogP contribution in [0.1, 0.15) is 12.8 Å². The highest BCUT2D eigenvalue weighted by Crippen LogP contribution is 2.27. The molecule has 1 N–H and O–H groups in total. The van der Waals surface area contributed by atoms with E-state index < -0.39 is 10.0 Å². The number of sulfonamides is 1. The second kappa shape index (κ2) is 4.77. The number of para-hydroxylation sites is 1. The van der Waals surface area contributed by atoms with Crippen LogP contribution in [0.2, 0.25) is 0 Å². The lowest BCUT2D eigenvalue weighted by Crippen LogP contribution is -2.15. The summed E-state index contributed by atoms with van der Waals surface area (Å²) < 4.78 is 30.9. The van der Waals surface area contributed by atoms with Crippen molar-refractivity contribution in [1.82, 2.24) is 10.2 Å². The van der Waals surface area contributed by atoms with Gasteiger partial charge in [0.05, 0.1) is 17.0 Å². The molecular weight excluding hydrogens is 254 g/mol. The predicted molar refractivity (Wildman–Crippen MR) is 67.6 cm³/mol. The molecule has 7 heteroatoms. The van der Waals surface area contributed by atoms with Gasteiger partial charge in [-0.3, -0.25) is 4.72 Å². The minimum atomic E-state index is -3.34. The summed E-state index contributed by atoms with van der Waals surface area (Å²) in [5, 5.41) is 7.61. The van der Waals surface area contributed by atoms with E-state index in [9.17, 15) is 8.42 Å². The Morgan fingerprint density at radius 2 is 2.00 bits per heavy atom. The van der Waals surface area contributed by atoms with Gasteiger partial charge in [-0.05, 0) is 19.1 Å². The minimum Gasteiger partial charge on any atom is -0.421 e. The maximum atomic E-state index is 11.6. The van der Waals surface area contributed by atoms with Gasteiger partial charge in [0, 0.05) is 6.92 Å². The van der Waals surface area contributed by atoms with E-state index in [1.54, 1.807) is 38.1 Å². The van der Waals surface area contributed by atoms with Crippen LogP contribution in [-0.2, 0) is 10.0 Å². The van der Waals surface area contributed by atoms with Crippen molar-refractivity contribution in [2.75, 3.05) is 10.5 Å². The maximum Gasteiger partial charge on any atom is 0.249 e. The van der Waals surface area contributed by atoms with E-state index in [0.29, 0.717) is 23.0 Å². The number of anilines is 1. The third-order valence-corrected chi connectivity index (χ3v) is 3.62. The smallest absolute Gasteiger partial charge is 0.249 e. The van der Waals surface area contributed by atoms with Crippen molar-refractivity contribution in [2.24, 2.45) is 0 Å². The Hall–Kier alpha value is -1.89. The molecular formula is C11H13N3O3S. The fourth-order valence-electron chi connectivity index (χ4n) is 1.40. The van der Waals surface area contributed by atoms with Crippen LogP contribution in [0.3, 0.4) is 0 Å². The Morgan fingerprint density at radius 1 is 1.28 bits per heavy atom. The summed E-state index contributed by atoms with van der Waals surface area (Å²) in [6.45, 7) is 3.25. The molecule has 0 spiro atoms. The van der Waals surface area contributed by atoms with Gasteiger partial charge in [-0.15, -0.1) is 10.2 Å². The zero-order valence-electron chi connectivity index (χ0n) is 10.0. The molecule has 2 aromatic rings. The first-order chi connectivity index (χ1) is 8.52. The Morgan fingerprint density at radius 3 is 2.61 bits per heavy atom. The molecule has 1 aromatic carbocycles. The molecule has 0 fully saturated rings. The molecule has 0 aliphatic carbocycles. The van der Waals surface area contributed by atoms with Gasteiger partial charge in [0.15, 0.2) is 0 Å². The van der Waals surface area contributed by atoms with E-state index in [0.717, 1.165) is 0 Å². The number of benzene rings is 1. The summed E-state index contributed by atoms with van der Waals surface area (Å²) in [6, 6.07) is 6.89. The molecule has 0 amide bonds. The van der Waals surface area contributed by atoms with E-state index >= 15 is 0 Å². The molecule has 6 nitrogen and oxygen atoms in total. The molecule has 2 rings (SSSR count). The molecule has 1 heterocycles. The molecule has 0 atom stereocenters. The van der Waals surface area contributed by atoms with E-state index in [1.165, 1.54) is 0 Å². The van der Waals surface area contributed by atoms with Gasteiger partial charge in [0.25, 0.3) is 0 Å². The fourth-order valence-corrected chi connectivity index (χ4v) is 2.06. The first-order valence-electron chi connectivity index (χ1n) is 5.42. The van der Waals surface area contributed by atoms with Gasteiger partial charge in [0.1, 0.15) is 0 Å². The molecule has 0 saturated heterocycles. The highest BCUT2D eigenvalue weighted by atomic mass is 32.2. The lowest BCUT2D eigenvalue weighted by molar-refractivity contribution is 0.533. The van der Waals surface area contributed by atoms with Crippen molar-refractivity contribution in [3.8, 4) is 11.5 Å². The number of hydrogen-bond donors (Lipinski definition) is 1. The first-order valence-corrected chi connectivity index (χ1v) is 7.07. The Kier molecular flexibility index (Phi) is 3.33. The van der Waals surface area contributed by atoms with Gasteiger partial charge >= 0.3 is 0 Å². The lowest BCUT2D eigenvalue weighted by Gasteiger charge is -2.08. The van der Waals surface area contributed by atoms with Gasteiger partial charge in [-0.1, -0.05) is 12.1 Å². The van der Waals surface area contributed by atoms with E-state index in [1.807, 2.05) is 0 Å². The number of aromatic nitrogens is 2. The quantitative estimate of drug-likeness (QED) is 0.913. The summed E-state index contributed by atoms with van der Waals surface area (Å²) in [7, 11) is -3.34. The largest absolute Gasteiger partial charge is 0.421 e. The zero-order valence-corrected chi connectivity index (χ0v) is 10.9. The number of nitrogens with one attached hydrogen (secondary N) is 1. The second-order valence-corrected chi connectivity index (χ2v) is 5.69. The summed E-state index contributed by atoms with van der Waals surface area (Å²) >= 11 is 0. The Bertz CT molecular complexity index is 649. The number of hydrogen-bond acceptors (Lipinski definition) is 5. The van der Waals surface area contributed by atoms with Gasteiger partial charge in [-0.25, -0.2) is 8.42 Å². The van der Waals surface area contributed by atoms with Crippen LogP contribution < -0.4 is 4.72 Å². The van der Waals surface area contributed by atoms with Crippen LogP contribution in [0.25, 0.3) is 11.5 Å². The Balaban J connectivity index is 2.44. The topological polar surface area (TPSA) is 85.1 Å². The van der Waals surface area contributed by atoms with Crippen molar-refractivity contribution >= 4 is 15.7 Å². The standard InChI is InChI=1S/C11H13N3O3S/c1-3-18(15,16)14-10-7-5-4-6-9(10)11-13-12-8(2)17-11/h4-7,14H,3H2,1-2H3. The van der Waals surface area contributed by atoms with Gasteiger partial charge in [-0.2, -0.15) is 0 Å². The van der Waals surface area contributed by atoms with Crippen molar-refractivity contribution in [1.29, 1.82) is 0 Å². The van der Waals surface area contributed by atoms with E-state index in [4.69, 9.17) is 4.42 Å². The predicted octanol–water partition coefficient (Wildman–Crippen LogP) is 1.81. The van der Waals surface area contributed by atoms with Crippen LogP contribution in [0.15, 0.2) is 28.7 Å². The molecule has 0 saturated carbocycles. The minimum absolute atomic E-state index is 0.00416. The maximum absolute atomic E-state index is 11.6. The number of nitrogens with zero attached hydrogens (tertiary/aromatic N) is 2. The SMILES string of the molecule is CCS(=O)(=O)Nc1ccccc1-c1nnc(C)o1. The fraction of sp³-hybridized carbons (Fsp3) is 0.273. The molecule has 1 aromatic heterocycles. The van der Waals surface area contributed by atoms with Crippen LogP contribution in [0, 0.1) is 6.92 Å². The molecule has 96 valence electrons. The van der Waals surface area contributed by atoms with E-state index in [-0.39, 0.29) is 5.75 Å². The summed E-state index contributed by atoms with van der Waals surface area (Å²) in [5.74, 6) is 0.726. The molecule has 0 unspecified atom stereocenters. The number of rotatable bonds is 4. The first kappa shape index (κ1) is 12.6. The van der Waals surface area contributed by atoms with Gasteiger partial charge in [0.2, 0.25) is 21.8 Å². The summed E-state index contributed by atoms with van der Waals surface area (Å²) in [6.07, 6.45) is 0. The Labute approximate surface area is 105 Å². The van der Waals surface area contributed by atoms with E-state index in [2.05, 4.69) is 14.9 Å². The summed E-state index contributed by atoms with van der Waals surface area (Å²) in [4.78, 5) is 0.